The largest absolute Gasteiger partial charge is 0.362 e. The van der Waals surface area contributed by atoms with Crippen molar-refractivity contribution >= 4 is 23.1 Å². The third-order valence-corrected chi connectivity index (χ3v) is 2.70. The quantitative estimate of drug-likeness (QED) is 0.726. The molecule has 0 spiro atoms. The summed E-state index contributed by atoms with van der Waals surface area (Å²) in [7, 11) is 0. The highest BCUT2D eigenvalue weighted by Gasteiger charge is 2.30. The van der Waals surface area contributed by atoms with E-state index in [9.17, 15) is 4.79 Å². The summed E-state index contributed by atoms with van der Waals surface area (Å²) in [6.07, 6.45) is 0. The fraction of sp³-hybridized carbons (Fsp3) is 0.273. The van der Waals surface area contributed by atoms with Crippen LogP contribution in [0.4, 0.5) is 5.69 Å². The van der Waals surface area contributed by atoms with E-state index in [1.807, 2.05) is 23.1 Å². The van der Waals surface area contributed by atoms with Crippen LogP contribution in [-0.4, -0.2) is 18.9 Å². The van der Waals surface area contributed by atoms with Gasteiger partial charge in [-0.25, -0.2) is 0 Å². The first-order valence-electron chi connectivity index (χ1n) is 4.63. The summed E-state index contributed by atoms with van der Waals surface area (Å²) >= 11 is 5.85. The minimum Gasteiger partial charge on any atom is -0.362 e. The molecule has 0 aliphatic carbocycles. The lowest BCUT2D eigenvalue weighted by Gasteiger charge is -2.16. The maximum Gasteiger partial charge on any atom is 0.170 e. The Hall–Kier alpha value is -1.53. The Morgan fingerprint density at radius 1 is 1.53 bits per heavy atom. The number of benzene rings is 1. The van der Waals surface area contributed by atoms with Gasteiger partial charge in [-0.3, -0.25) is 4.79 Å². The van der Waals surface area contributed by atoms with Gasteiger partial charge >= 0.3 is 0 Å². The molecule has 1 atom stereocenters. The molecule has 76 valence electrons. The molecule has 0 amide bonds. The van der Waals surface area contributed by atoms with Crippen molar-refractivity contribution in [2.45, 2.75) is 0 Å². The second-order valence-electron chi connectivity index (χ2n) is 3.51. The SMILES string of the molecule is N#CC1CN(c2cccc(Cl)c2)CC1=O. The van der Waals surface area contributed by atoms with E-state index in [0.717, 1.165) is 5.69 Å². The highest BCUT2D eigenvalue weighted by atomic mass is 35.5. The Bertz CT molecular complexity index is 438. The summed E-state index contributed by atoms with van der Waals surface area (Å²) in [4.78, 5) is 13.3. The predicted octanol–water partition coefficient (Wildman–Crippen LogP) is 1.87. The number of hydrogen-bond donors (Lipinski definition) is 0. The Labute approximate surface area is 92.9 Å². The number of Topliss-reactive ketones (excluding diaryl/α,β-unsaturated/α-hetero) is 1. The fourth-order valence-electron chi connectivity index (χ4n) is 1.67. The number of ketones is 1. The first-order valence-corrected chi connectivity index (χ1v) is 5.01. The van der Waals surface area contributed by atoms with Gasteiger partial charge in [0.05, 0.1) is 12.6 Å². The van der Waals surface area contributed by atoms with Gasteiger partial charge in [-0.05, 0) is 18.2 Å². The third kappa shape index (κ3) is 1.95. The van der Waals surface area contributed by atoms with Crippen LogP contribution in [0.25, 0.3) is 0 Å². The lowest BCUT2D eigenvalue weighted by atomic mass is 10.1. The summed E-state index contributed by atoms with van der Waals surface area (Å²) in [5.74, 6) is -0.513. The van der Waals surface area contributed by atoms with Gasteiger partial charge in [0.25, 0.3) is 0 Å². The Kier molecular flexibility index (Phi) is 2.61. The van der Waals surface area contributed by atoms with E-state index < -0.39 is 5.92 Å². The molecule has 1 heterocycles. The molecule has 1 aromatic rings. The molecule has 1 aromatic carbocycles. The first kappa shape index (κ1) is 10.0. The van der Waals surface area contributed by atoms with Gasteiger partial charge in [0.2, 0.25) is 0 Å². The third-order valence-electron chi connectivity index (χ3n) is 2.47. The normalized spacial score (nSPS) is 20.4. The number of carbonyl (C=O) groups excluding carboxylic acids is 1. The monoisotopic (exact) mass is 220 g/mol. The Morgan fingerprint density at radius 2 is 2.33 bits per heavy atom. The van der Waals surface area contributed by atoms with Crippen LogP contribution >= 0.6 is 11.6 Å². The van der Waals surface area contributed by atoms with Gasteiger partial charge in [0.1, 0.15) is 5.92 Å². The molecule has 15 heavy (non-hydrogen) atoms. The number of hydrogen-bond acceptors (Lipinski definition) is 3. The first-order chi connectivity index (χ1) is 7.20. The van der Waals surface area contributed by atoms with Gasteiger partial charge in [-0.2, -0.15) is 5.26 Å². The van der Waals surface area contributed by atoms with Gasteiger partial charge < -0.3 is 4.90 Å². The lowest BCUT2D eigenvalue weighted by Crippen LogP contribution is -2.19. The average Bonchev–Trinajstić information content (AvgIpc) is 2.60. The fourth-order valence-corrected chi connectivity index (χ4v) is 1.85. The van der Waals surface area contributed by atoms with Crippen molar-refractivity contribution in [2.75, 3.05) is 18.0 Å². The Balaban J connectivity index is 2.21. The minimum atomic E-state index is -0.496. The number of halogens is 1. The standard InChI is InChI=1S/C11H9ClN2O/c12-9-2-1-3-10(4-9)14-6-8(5-13)11(15)7-14/h1-4,8H,6-7H2. The lowest BCUT2D eigenvalue weighted by molar-refractivity contribution is -0.118. The van der Waals surface area contributed by atoms with Crippen LogP contribution in [0.2, 0.25) is 5.02 Å². The zero-order chi connectivity index (χ0) is 10.8. The number of anilines is 1. The molecule has 0 bridgehead atoms. The second kappa shape index (κ2) is 3.92. The molecular formula is C11H9ClN2O. The maximum atomic E-state index is 11.4. The van der Waals surface area contributed by atoms with Gasteiger partial charge in [-0.1, -0.05) is 17.7 Å². The van der Waals surface area contributed by atoms with E-state index in [0.29, 0.717) is 18.1 Å². The molecule has 1 unspecified atom stereocenters. The second-order valence-corrected chi connectivity index (χ2v) is 3.94. The van der Waals surface area contributed by atoms with Gasteiger partial charge in [0, 0.05) is 17.3 Å². The molecule has 4 heteroatoms. The van der Waals surface area contributed by atoms with Crippen LogP contribution in [0.1, 0.15) is 0 Å². The van der Waals surface area contributed by atoms with Crippen LogP contribution in [0.5, 0.6) is 0 Å². The van der Waals surface area contributed by atoms with Crippen molar-refractivity contribution in [3.63, 3.8) is 0 Å². The van der Waals surface area contributed by atoms with Crippen molar-refractivity contribution in [3.8, 4) is 6.07 Å². The van der Waals surface area contributed by atoms with E-state index >= 15 is 0 Å². The minimum absolute atomic E-state index is 0.0162. The number of nitriles is 1. The summed E-state index contributed by atoms with van der Waals surface area (Å²) in [5, 5.41) is 9.37. The van der Waals surface area contributed by atoms with Crippen molar-refractivity contribution < 1.29 is 4.79 Å². The predicted molar refractivity (Wildman–Crippen MR) is 57.8 cm³/mol. The maximum absolute atomic E-state index is 11.4. The van der Waals surface area contributed by atoms with Gasteiger partial charge in [0.15, 0.2) is 5.78 Å². The molecule has 3 nitrogen and oxygen atoms in total. The highest BCUT2D eigenvalue weighted by Crippen LogP contribution is 2.24. The summed E-state index contributed by atoms with van der Waals surface area (Å²) in [6, 6.07) is 9.31. The zero-order valence-corrected chi connectivity index (χ0v) is 8.74. The van der Waals surface area contributed by atoms with Crippen LogP contribution in [-0.2, 0) is 4.79 Å². The van der Waals surface area contributed by atoms with Crippen LogP contribution in [0.15, 0.2) is 24.3 Å². The van der Waals surface area contributed by atoms with E-state index in [-0.39, 0.29) is 5.78 Å². The highest BCUT2D eigenvalue weighted by molar-refractivity contribution is 6.30. The molecule has 0 radical (unpaired) electrons. The average molecular weight is 221 g/mol. The zero-order valence-electron chi connectivity index (χ0n) is 7.98. The smallest absolute Gasteiger partial charge is 0.170 e. The molecule has 0 aromatic heterocycles. The molecule has 1 aliphatic rings. The number of rotatable bonds is 1. The van der Waals surface area contributed by atoms with E-state index in [1.54, 1.807) is 12.1 Å². The molecule has 1 aliphatic heterocycles. The molecule has 1 fully saturated rings. The molecule has 0 N–H and O–H groups in total. The van der Waals surface area contributed by atoms with Crippen LogP contribution in [0, 0.1) is 17.2 Å². The molecule has 1 saturated heterocycles. The number of carbonyl (C=O) groups is 1. The summed E-state index contributed by atoms with van der Waals surface area (Å²) in [6.45, 7) is 0.772. The topological polar surface area (TPSA) is 44.1 Å². The Morgan fingerprint density at radius 3 is 2.93 bits per heavy atom. The summed E-state index contributed by atoms with van der Waals surface area (Å²) in [5.41, 5.74) is 0.897. The molecular weight excluding hydrogens is 212 g/mol. The van der Waals surface area contributed by atoms with Crippen molar-refractivity contribution in [1.82, 2.24) is 0 Å². The van der Waals surface area contributed by atoms with E-state index in [4.69, 9.17) is 16.9 Å². The van der Waals surface area contributed by atoms with Crippen molar-refractivity contribution in [2.24, 2.45) is 5.92 Å². The molecule has 2 rings (SSSR count). The van der Waals surface area contributed by atoms with E-state index in [1.165, 1.54) is 0 Å². The van der Waals surface area contributed by atoms with Crippen molar-refractivity contribution in [1.29, 1.82) is 5.26 Å². The van der Waals surface area contributed by atoms with Crippen LogP contribution < -0.4 is 4.90 Å². The van der Waals surface area contributed by atoms with Crippen LogP contribution in [0.3, 0.4) is 0 Å². The van der Waals surface area contributed by atoms with E-state index in [2.05, 4.69) is 0 Å². The summed E-state index contributed by atoms with van der Waals surface area (Å²) < 4.78 is 0. The van der Waals surface area contributed by atoms with Gasteiger partial charge in [-0.15, -0.1) is 0 Å². The number of nitrogens with zero attached hydrogens (tertiary/aromatic N) is 2. The molecule has 0 saturated carbocycles. The van der Waals surface area contributed by atoms with Crippen molar-refractivity contribution in [3.05, 3.63) is 29.3 Å².